The first-order valence-electron chi connectivity index (χ1n) is 3.66. The van der Waals surface area contributed by atoms with Crippen LogP contribution in [0.5, 0.6) is 0 Å². The number of ketones is 1. The molecule has 1 saturated carbocycles. The summed E-state index contributed by atoms with van der Waals surface area (Å²) >= 11 is 0. The lowest BCUT2D eigenvalue weighted by Gasteiger charge is -2.07. The highest BCUT2D eigenvalue weighted by molar-refractivity contribution is 5.93. The summed E-state index contributed by atoms with van der Waals surface area (Å²) in [5.74, 6) is 0.0897. The second-order valence-corrected chi connectivity index (χ2v) is 2.77. The van der Waals surface area contributed by atoms with Crippen molar-refractivity contribution in [1.82, 2.24) is 5.32 Å². The van der Waals surface area contributed by atoms with Crippen molar-refractivity contribution in [2.45, 2.75) is 31.8 Å². The first-order chi connectivity index (χ1) is 4.74. The fourth-order valence-electron chi connectivity index (χ4n) is 0.862. The molecule has 1 atom stereocenters. The van der Waals surface area contributed by atoms with E-state index < -0.39 is 0 Å². The third-order valence-corrected chi connectivity index (χ3v) is 1.69. The van der Waals surface area contributed by atoms with Crippen LogP contribution in [0.3, 0.4) is 0 Å². The van der Waals surface area contributed by atoms with E-state index in [9.17, 15) is 4.79 Å². The van der Waals surface area contributed by atoms with Crippen molar-refractivity contribution in [3.63, 3.8) is 0 Å². The summed E-state index contributed by atoms with van der Waals surface area (Å²) < 4.78 is 0. The summed E-state index contributed by atoms with van der Waals surface area (Å²) in [6.07, 6.45) is 3.81. The summed E-state index contributed by atoms with van der Waals surface area (Å²) in [6, 6.07) is 0.559. The molecule has 2 heteroatoms. The van der Waals surface area contributed by atoms with Crippen LogP contribution in [0.2, 0.25) is 0 Å². The van der Waals surface area contributed by atoms with Crippen LogP contribution in [-0.2, 0) is 4.79 Å². The smallest absolute Gasteiger partial charge is 0.171 e. The molecule has 56 valence electrons. The number of rotatable bonds is 4. The molecule has 0 aromatic carbocycles. The molecular formula is C8H13NO. The highest BCUT2D eigenvalue weighted by Crippen LogP contribution is 2.19. The number of carbonyl (C=O) groups is 1. The third kappa shape index (κ3) is 1.95. The van der Waals surface area contributed by atoms with Gasteiger partial charge in [-0.3, -0.25) is 4.79 Å². The fourth-order valence-corrected chi connectivity index (χ4v) is 0.862. The van der Waals surface area contributed by atoms with E-state index in [-0.39, 0.29) is 11.8 Å². The lowest BCUT2D eigenvalue weighted by Crippen LogP contribution is -2.34. The third-order valence-electron chi connectivity index (χ3n) is 1.69. The Labute approximate surface area is 61.3 Å². The van der Waals surface area contributed by atoms with Crippen molar-refractivity contribution in [3.8, 4) is 0 Å². The van der Waals surface area contributed by atoms with Gasteiger partial charge in [-0.2, -0.15) is 0 Å². The minimum Gasteiger partial charge on any atom is -0.305 e. The molecule has 1 aliphatic carbocycles. The molecule has 0 radical (unpaired) electrons. The van der Waals surface area contributed by atoms with Crippen molar-refractivity contribution in [2.24, 2.45) is 0 Å². The zero-order valence-corrected chi connectivity index (χ0v) is 6.26. The normalized spacial score (nSPS) is 20.1. The van der Waals surface area contributed by atoms with Gasteiger partial charge in [0.1, 0.15) is 0 Å². The largest absolute Gasteiger partial charge is 0.305 e. The molecule has 10 heavy (non-hydrogen) atoms. The van der Waals surface area contributed by atoms with Gasteiger partial charge in [-0.25, -0.2) is 0 Å². The average molecular weight is 139 g/mol. The van der Waals surface area contributed by atoms with Gasteiger partial charge < -0.3 is 5.32 Å². The Morgan fingerprint density at radius 2 is 2.40 bits per heavy atom. The predicted octanol–water partition coefficient (Wildman–Crippen LogP) is 0.882. The molecule has 1 fully saturated rings. The molecule has 0 spiro atoms. The molecule has 1 aliphatic rings. The van der Waals surface area contributed by atoms with Crippen LogP contribution in [-0.4, -0.2) is 17.9 Å². The summed E-state index contributed by atoms with van der Waals surface area (Å²) in [4.78, 5) is 10.9. The van der Waals surface area contributed by atoms with Gasteiger partial charge in [-0.15, -0.1) is 0 Å². The standard InChI is InChI=1S/C8H13NO/c1-3-8(10)6(2)9-7-4-5-7/h3,6-7,9H,1,4-5H2,2H3. The summed E-state index contributed by atoms with van der Waals surface area (Å²) in [7, 11) is 0. The molecule has 0 heterocycles. The van der Waals surface area contributed by atoms with Gasteiger partial charge in [-0.1, -0.05) is 6.58 Å². The van der Waals surface area contributed by atoms with Gasteiger partial charge in [0.25, 0.3) is 0 Å². The topological polar surface area (TPSA) is 29.1 Å². The lowest BCUT2D eigenvalue weighted by atomic mass is 10.2. The minimum atomic E-state index is -0.0370. The van der Waals surface area contributed by atoms with Gasteiger partial charge >= 0.3 is 0 Å². The zero-order chi connectivity index (χ0) is 7.56. The first-order valence-corrected chi connectivity index (χ1v) is 3.66. The van der Waals surface area contributed by atoms with Crippen molar-refractivity contribution in [3.05, 3.63) is 12.7 Å². The van der Waals surface area contributed by atoms with Gasteiger partial charge in [0, 0.05) is 6.04 Å². The molecule has 0 aliphatic heterocycles. The van der Waals surface area contributed by atoms with Crippen molar-refractivity contribution >= 4 is 5.78 Å². The summed E-state index contributed by atoms with van der Waals surface area (Å²) in [6.45, 7) is 5.30. The molecule has 1 rings (SSSR count). The molecular weight excluding hydrogens is 126 g/mol. The van der Waals surface area contributed by atoms with E-state index in [0.29, 0.717) is 6.04 Å². The second-order valence-electron chi connectivity index (χ2n) is 2.77. The average Bonchev–Trinajstić information content (AvgIpc) is 2.70. The van der Waals surface area contributed by atoms with Crippen LogP contribution in [0, 0.1) is 0 Å². The maximum absolute atomic E-state index is 10.9. The van der Waals surface area contributed by atoms with Crippen molar-refractivity contribution in [2.75, 3.05) is 0 Å². The van der Waals surface area contributed by atoms with E-state index in [1.807, 2.05) is 6.92 Å². The molecule has 1 N–H and O–H groups in total. The van der Waals surface area contributed by atoms with E-state index in [1.54, 1.807) is 0 Å². The van der Waals surface area contributed by atoms with Crippen molar-refractivity contribution in [1.29, 1.82) is 0 Å². The summed E-state index contributed by atoms with van der Waals surface area (Å²) in [5.41, 5.74) is 0. The lowest BCUT2D eigenvalue weighted by molar-refractivity contribution is -0.116. The Kier molecular flexibility index (Phi) is 2.22. The molecule has 2 nitrogen and oxygen atoms in total. The number of hydrogen-bond donors (Lipinski definition) is 1. The molecule has 0 bridgehead atoms. The molecule has 1 unspecified atom stereocenters. The van der Waals surface area contributed by atoms with Crippen LogP contribution in [0.15, 0.2) is 12.7 Å². The number of hydrogen-bond acceptors (Lipinski definition) is 2. The molecule has 0 saturated heterocycles. The Morgan fingerprint density at radius 3 is 2.80 bits per heavy atom. The molecule has 0 aromatic heterocycles. The number of nitrogens with one attached hydrogen (secondary N) is 1. The maximum atomic E-state index is 10.9. The van der Waals surface area contributed by atoms with Crippen LogP contribution in [0.25, 0.3) is 0 Å². The van der Waals surface area contributed by atoms with Crippen molar-refractivity contribution < 1.29 is 4.79 Å². The predicted molar refractivity (Wildman–Crippen MR) is 40.8 cm³/mol. The van der Waals surface area contributed by atoms with Crippen LogP contribution >= 0.6 is 0 Å². The zero-order valence-electron chi connectivity index (χ0n) is 6.26. The summed E-state index contributed by atoms with van der Waals surface area (Å²) in [5, 5.41) is 3.18. The van der Waals surface area contributed by atoms with Crippen LogP contribution in [0.4, 0.5) is 0 Å². The minimum absolute atomic E-state index is 0.0370. The Balaban J connectivity index is 2.24. The fraction of sp³-hybridized carbons (Fsp3) is 0.625. The first kappa shape index (κ1) is 7.48. The van der Waals surface area contributed by atoms with E-state index >= 15 is 0 Å². The molecule has 0 aromatic rings. The van der Waals surface area contributed by atoms with Crippen LogP contribution in [0.1, 0.15) is 19.8 Å². The SMILES string of the molecule is C=CC(=O)C(C)NC1CC1. The Morgan fingerprint density at radius 1 is 1.80 bits per heavy atom. The second kappa shape index (κ2) is 2.97. The van der Waals surface area contributed by atoms with E-state index in [1.165, 1.54) is 18.9 Å². The van der Waals surface area contributed by atoms with Gasteiger partial charge in [0.2, 0.25) is 0 Å². The highest BCUT2D eigenvalue weighted by atomic mass is 16.1. The maximum Gasteiger partial charge on any atom is 0.171 e. The Hall–Kier alpha value is -0.630. The molecule has 0 amide bonds. The van der Waals surface area contributed by atoms with E-state index in [2.05, 4.69) is 11.9 Å². The van der Waals surface area contributed by atoms with E-state index in [4.69, 9.17) is 0 Å². The number of carbonyl (C=O) groups excluding carboxylic acids is 1. The Bertz CT molecular complexity index is 149. The van der Waals surface area contributed by atoms with E-state index in [0.717, 1.165) is 0 Å². The van der Waals surface area contributed by atoms with Gasteiger partial charge in [0.15, 0.2) is 5.78 Å². The van der Waals surface area contributed by atoms with Gasteiger partial charge in [0.05, 0.1) is 6.04 Å². The van der Waals surface area contributed by atoms with Crippen LogP contribution < -0.4 is 5.32 Å². The monoisotopic (exact) mass is 139 g/mol. The quantitative estimate of drug-likeness (QED) is 0.586. The highest BCUT2D eigenvalue weighted by Gasteiger charge is 2.24. The van der Waals surface area contributed by atoms with Gasteiger partial charge in [-0.05, 0) is 25.8 Å².